The van der Waals surface area contributed by atoms with Crippen molar-refractivity contribution in [1.82, 2.24) is 0 Å². The van der Waals surface area contributed by atoms with Gasteiger partial charge < -0.3 is 14.2 Å². The number of carbonyl (C=O) groups is 2. The molecule has 3 rings (SSSR count). The van der Waals surface area contributed by atoms with Gasteiger partial charge in [-0.2, -0.15) is 0 Å². The molecular weight excluding hydrogens is 356 g/mol. The van der Waals surface area contributed by atoms with Gasteiger partial charge in [0.05, 0.1) is 12.7 Å². The topological polar surface area (TPSA) is 61.8 Å². The van der Waals surface area contributed by atoms with Gasteiger partial charge in [0.1, 0.15) is 11.5 Å². The monoisotopic (exact) mass is 376 g/mol. The molecule has 0 spiro atoms. The number of hydrogen-bond acceptors (Lipinski definition) is 5. The number of ether oxygens (including phenoxy) is 3. The van der Waals surface area contributed by atoms with Gasteiger partial charge >= 0.3 is 11.9 Å². The van der Waals surface area contributed by atoms with Crippen molar-refractivity contribution in [2.45, 2.75) is 13.0 Å². The molecule has 28 heavy (non-hydrogen) atoms. The maximum atomic E-state index is 12.3. The third-order valence-electron chi connectivity index (χ3n) is 4.08. The van der Waals surface area contributed by atoms with Crippen molar-refractivity contribution in [2.75, 3.05) is 7.11 Å². The van der Waals surface area contributed by atoms with Crippen LogP contribution in [0.2, 0.25) is 0 Å². The van der Waals surface area contributed by atoms with Crippen molar-refractivity contribution < 1.29 is 23.8 Å². The Morgan fingerprint density at radius 2 is 1.46 bits per heavy atom. The lowest BCUT2D eigenvalue weighted by molar-refractivity contribution is -0.141. The zero-order chi connectivity index (χ0) is 19.9. The molecule has 0 N–H and O–H groups in total. The molecule has 142 valence electrons. The molecule has 0 saturated heterocycles. The van der Waals surface area contributed by atoms with E-state index in [1.807, 2.05) is 54.6 Å². The van der Waals surface area contributed by atoms with Crippen LogP contribution in [0.5, 0.6) is 11.5 Å². The van der Waals surface area contributed by atoms with Gasteiger partial charge in [-0.25, -0.2) is 9.59 Å². The first-order valence-corrected chi connectivity index (χ1v) is 8.79. The van der Waals surface area contributed by atoms with E-state index in [1.54, 1.807) is 25.1 Å². The Hall–Kier alpha value is -3.60. The second-order valence-electron chi connectivity index (χ2n) is 6.09. The summed E-state index contributed by atoms with van der Waals surface area (Å²) in [5, 5.41) is 0. The summed E-state index contributed by atoms with van der Waals surface area (Å²) in [5.74, 6) is -0.245. The molecule has 5 nitrogen and oxygen atoms in total. The van der Waals surface area contributed by atoms with Crippen LogP contribution in [-0.2, 0) is 9.53 Å². The van der Waals surface area contributed by atoms with E-state index < -0.39 is 18.0 Å². The van der Waals surface area contributed by atoms with E-state index in [0.717, 1.165) is 11.1 Å². The van der Waals surface area contributed by atoms with Crippen molar-refractivity contribution in [3.05, 3.63) is 84.4 Å². The molecule has 0 radical (unpaired) electrons. The second kappa shape index (κ2) is 8.86. The highest BCUT2D eigenvalue weighted by atomic mass is 16.6. The van der Waals surface area contributed by atoms with Crippen molar-refractivity contribution >= 4 is 11.9 Å². The third kappa shape index (κ3) is 4.76. The quantitative estimate of drug-likeness (QED) is 0.468. The van der Waals surface area contributed by atoms with Crippen LogP contribution in [0.25, 0.3) is 11.1 Å². The number of benzene rings is 3. The molecule has 3 aromatic carbocycles. The maximum absolute atomic E-state index is 12.3. The molecule has 0 aliphatic carbocycles. The summed E-state index contributed by atoms with van der Waals surface area (Å²) >= 11 is 0. The van der Waals surface area contributed by atoms with Crippen molar-refractivity contribution in [3.8, 4) is 22.6 Å². The normalized spacial score (nSPS) is 11.4. The highest BCUT2D eigenvalue weighted by molar-refractivity contribution is 5.90. The molecular formula is C23H20O5. The summed E-state index contributed by atoms with van der Waals surface area (Å²) in [5.41, 5.74) is 2.47. The third-order valence-corrected chi connectivity index (χ3v) is 4.08. The van der Waals surface area contributed by atoms with Crippen LogP contribution in [0, 0.1) is 0 Å². The summed E-state index contributed by atoms with van der Waals surface area (Å²) in [6.07, 6.45) is -0.815. The predicted octanol–water partition coefficient (Wildman–Crippen LogP) is 4.51. The first-order valence-electron chi connectivity index (χ1n) is 8.79. The van der Waals surface area contributed by atoms with E-state index in [-0.39, 0.29) is 5.75 Å². The Morgan fingerprint density at radius 3 is 2.14 bits per heavy atom. The molecule has 3 aromatic rings. The van der Waals surface area contributed by atoms with Crippen molar-refractivity contribution in [1.29, 1.82) is 0 Å². The average molecular weight is 376 g/mol. The van der Waals surface area contributed by atoms with Crippen molar-refractivity contribution in [3.63, 3.8) is 0 Å². The summed E-state index contributed by atoms with van der Waals surface area (Å²) in [7, 11) is 1.29. The molecule has 1 unspecified atom stereocenters. The van der Waals surface area contributed by atoms with Gasteiger partial charge in [-0.1, -0.05) is 48.5 Å². The summed E-state index contributed by atoms with van der Waals surface area (Å²) < 4.78 is 15.6. The zero-order valence-electron chi connectivity index (χ0n) is 15.6. The Morgan fingerprint density at radius 1 is 0.786 bits per heavy atom. The van der Waals surface area contributed by atoms with Gasteiger partial charge in [0.2, 0.25) is 0 Å². The van der Waals surface area contributed by atoms with Crippen LogP contribution < -0.4 is 9.47 Å². The van der Waals surface area contributed by atoms with Gasteiger partial charge in [-0.3, -0.25) is 0 Å². The number of rotatable bonds is 6. The van der Waals surface area contributed by atoms with Crippen LogP contribution in [0.15, 0.2) is 78.9 Å². The summed E-state index contributed by atoms with van der Waals surface area (Å²) in [6, 6.07) is 23.7. The molecule has 0 amide bonds. The van der Waals surface area contributed by atoms with Gasteiger partial charge in [-0.05, 0) is 48.4 Å². The zero-order valence-corrected chi connectivity index (χ0v) is 15.6. The maximum Gasteiger partial charge on any atom is 0.352 e. The highest BCUT2D eigenvalue weighted by Crippen LogP contribution is 2.23. The Bertz CT molecular complexity index is 948. The second-order valence-corrected chi connectivity index (χ2v) is 6.09. The molecule has 1 atom stereocenters. The number of methoxy groups -OCH3 is 1. The number of hydrogen-bond donors (Lipinski definition) is 0. The fourth-order valence-corrected chi connectivity index (χ4v) is 2.61. The van der Waals surface area contributed by atoms with Crippen molar-refractivity contribution in [2.24, 2.45) is 0 Å². The van der Waals surface area contributed by atoms with Gasteiger partial charge in [0.15, 0.2) is 6.10 Å². The van der Waals surface area contributed by atoms with Gasteiger partial charge in [0, 0.05) is 0 Å². The van der Waals surface area contributed by atoms with E-state index in [4.69, 9.17) is 9.47 Å². The van der Waals surface area contributed by atoms with Crippen LogP contribution >= 0.6 is 0 Å². The molecule has 0 aliphatic rings. The lowest BCUT2D eigenvalue weighted by Gasteiger charge is -2.14. The Labute approximate surface area is 163 Å². The summed E-state index contributed by atoms with van der Waals surface area (Å²) in [6.45, 7) is 1.61. The van der Waals surface area contributed by atoms with E-state index in [1.165, 1.54) is 13.2 Å². The van der Waals surface area contributed by atoms with Crippen LogP contribution in [0.4, 0.5) is 0 Å². The molecule has 0 aliphatic heterocycles. The van der Waals surface area contributed by atoms with Crippen LogP contribution in [-0.4, -0.2) is 25.2 Å². The Balaban J connectivity index is 1.62. The summed E-state index contributed by atoms with van der Waals surface area (Å²) in [4.78, 5) is 23.9. The van der Waals surface area contributed by atoms with E-state index in [0.29, 0.717) is 11.3 Å². The molecule has 5 heteroatoms. The number of carbonyl (C=O) groups excluding carboxylic acids is 2. The van der Waals surface area contributed by atoms with E-state index >= 15 is 0 Å². The molecule has 0 fully saturated rings. The fraction of sp³-hybridized carbons (Fsp3) is 0.130. The molecule has 0 aromatic heterocycles. The van der Waals surface area contributed by atoms with Crippen LogP contribution in [0.3, 0.4) is 0 Å². The lowest BCUT2D eigenvalue weighted by atomic mass is 10.1. The minimum absolute atomic E-state index is 0.253. The Kier molecular flexibility index (Phi) is 6.07. The van der Waals surface area contributed by atoms with Gasteiger partial charge in [0.25, 0.3) is 0 Å². The van der Waals surface area contributed by atoms with E-state index in [9.17, 15) is 9.59 Å². The van der Waals surface area contributed by atoms with Gasteiger partial charge in [-0.15, -0.1) is 0 Å². The number of esters is 2. The minimum atomic E-state index is -0.815. The van der Waals surface area contributed by atoms with E-state index in [2.05, 4.69) is 4.74 Å². The SMILES string of the molecule is COC(=O)c1cccc(OC(=O)C(C)Oc2ccc(-c3ccccc3)cc2)c1. The van der Waals surface area contributed by atoms with Crippen LogP contribution in [0.1, 0.15) is 17.3 Å². The minimum Gasteiger partial charge on any atom is -0.479 e. The average Bonchev–Trinajstić information content (AvgIpc) is 2.74. The first kappa shape index (κ1) is 19.2. The molecule has 0 bridgehead atoms. The lowest BCUT2D eigenvalue weighted by Crippen LogP contribution is -2.28. The molecule has 0 saturated carbocycles. The largest absolute Gasteiger partial charge is 0.479 e. The first-order chi connectivity index (χ1) is 13.6. The fourth-order valence-electron chi connectivity index (χ4n) is 2.61. The predicted molar refractivity (Wildman–Crippen MR) is 105 cm³/mol. The molecule has 0 heterocycles. The smallest absolute Gasteiger partial charge is 0.352 e. The standard InChI is InChI=1S/C23H20O5/c1-16(22(24)28-21-10-6-9-19(15-21)23(25)26-2)27-20-13-11-18(12-14-20)17-7-4-3-5-8-17/h3-16H,1-2H3. The highest BCUT2D eigenvalue weighted by Gasteiger charge is 2.18.